The van der Waals surface area contributed by atoms with E-state index in [9.17, 15) is 10.1 Å². The highest BCUT2D eigenvalue weighted by atomic mass is 16.6. The maximum atomic E-state index is 11.1. The molecule has 118 valence electrons. The van der Waals surface area contributed by atoms with Crippen molar-refractivity contribution in [2.45, 2.75) is 46.5 Å². The Balaban J connectivity index is 2.77. The van der Waals surface area contributed by atoms with Crippen LogP contribution in [0, 0.1) is 15.5 Å². The second kappa shape index (κ2) is 7.72. The second-order valence-electron chi connectivity index (χ2n) is 5.80. The topological polar surface area (TPSA) is 119 Å². The quantitative estimate of drug-likeness (QED) is 0.277. The van der Waals surface area contributed by atoms with E-state index in [1.807, 2.05) is 0 Å². The van der Waals surface area contributed by atoms with Crippen LogP contribution in [0.25, 0.3) is 0 Å². The highest BCUT2D eigenvalue weighted by Gasteiger charge is 2.24. The van der Waals surface area contributed by atoms with E-state index < -0.39 is 4.92 Å². The van der Waals surface area contributed by atoms with E-state index in [2.05, 4.69) is 41.5 Å². The van der Waals surface area contributed by atoms with Gasteiger partial charge in [-0.3, -0.25) is 10.1 Å². The molecule has 0 aromatic carbocycles. The minimum absolute atomic E-state index is 0.00119. The number of hydrazine groups is 1. The van der Waals surface area contributed by atoms with E-state index in [0.717, 1.165) is 12.8 Å². The van der Waals surface area contributed by atoms with Gasteiger partial charge in [0, 0.05) is 6.54 Å². The number of unbranched alkanes of at least 4 members (excludes halogenated alkanes) is 2. The number of nitrogen functional groups attached to an aromatic ring is 1. The third-order valence-electron chi connectivity index (χ3n) is 3.33. The van der Waals surface area contributed by atoms with Gasteiger partial charge in [-0.1, -0.05) is 40.0 Å². The first-order chi connectivity index (χ1) is 9.91. The van der Waals surface area contributed by atoms with Gasteiger partial charge in [0.15, 0.2) is 0 Å². The third kappa shape index (κ3) is 5.14. The summed E-state index contributed by atoms with van der Waals surface area (Å²) in [5.41, 5.74) is 2.02. The summed E-state index contributed by atoms with van der Waals surface area (Å²) in [5, 5.41) is 14.2. The largest absolute Gasteiger partial charge is 0.364 e. The number of nitrogens with one attached hydrogen (secondary N) is 2. The smallest absolute Gasteiger partial charge is 0.354 e. The van der Waals surface area contributed by atoms with Gasteiger partial charge in [0.05, 0.1) is 4.92 Å². The van der Waals surface area contributed by atoms with Gasteiger partial charge in [-0.25, -0.2) is 15.8 Å². The van der Waals surface area contributed by atoms with Crippen molar-refractivity contribution >= 4 is 17.3 Å². The standard InChI is InChI=1S/C13H24N6O2/c1-4-5-6-7-13(2,3)8-15-11-10(19(20)21)12(18-14)17-9-16-11/h9H,4-8,14H2,1-3H3,(H2,15,16,17,18). The SMILES string of the molecule is CCCCCC(C)(C)CNc1ncnc(NN)c1[N+](=O)[O-]. The van der Waals surface area contributed by atoms with Crippen LogP contribution >= 0.6 is 0 Å². The minimum Gasteiger partial charge on any atom is -0.364 e. The van der Waals surface area contributed by atoms with Gasteiger partial charge >= 0.3 is 5.69 Å². The Morgan fingerprint density at radius 1 is 1.33 bits per heavy atom. The van der Waals surface area contributed by atoms with Gasteiger partial charge in [-0.2, -0.15) is 0 Å². The van der Waals surface area contributed by atoms with Crippen LogP contribution in [0.4, 0.5) is 17.3 Å². The first-order valence-corrected chi connectivity index (χ1v) is 7.11. The van der Waals surface area contributed by atoms with Crippen LogP contribution in [0.2, 0.25) is 0 Å². The Morgan fingerprint density at radius 2 is 2.00 bits per heavy atom. The van der Waals surface area contributed by atoms with Crippen molar-refractivity contribution in [3.63, 3.8) is 0 Å². The van der Waals surface area contributed by atoms with E-state index in [4.69, 9.17) is 5.84 Å². The molecule has 0 fully saturated rings. The number of aromatic nitrogens is 2. The molecule has 0 amide bonds. The molecule has 21 heavy (non-hydrogen) atoms. The van der Waals surface area contributed by atoms with Crippen molar-refractivity contribution < 1.29 is 4.92 Å². The third-order valence-corrected chi connectivity index (χ3v) is 3.33. The summed E-state index contributed by atoms with van der Waals surface area (Å²) < 4.78 is 0. The molecule has 0 aliphatic carbocycles. The Morgan fingerprint density at radius 3 is 2.57 bits per heavy atom. The predicted molar refractivity (Wildman–Crippen MR) is 82.9 cm³/mol. The van der Waals surface area contributed by atoms with Gasteiger partial charge in [-0.05, 0) is 11.8 Å². The molecular formula is C13H24N6O2. The normalized spacial score (nSPS) is 11.2. The molecule has 1 aromatic rings. The molecule has 1 aromatic heterocycles. The van der Waals surface area contributed by atoms with Crippen molar-refractivity contribution in [2.24, 2.45) is 11.3 Å². The van der Waals surface area contributed by atoms with Crippen molar-refractivity contribution in [1.29, 1.82) is 0 Å². The van der Waals surface area contributed by atoms with Gasteiger partial charge in [0.25, 0.3) is 0 Å². The molecule has 0 aliphatic heterocycles. The lowest BCUT2D eigenvalue weighted by molar-refractivity contribution is -0.383. The van der Waals surface area contributed by atoms with Crippen LogP contribution < -0.4 is 16.6 Å². The Bertz CT molecular complexity index is 478. The summed E-state index contributed by atoms with van der Waals surface area (Å²) in [4.78, 5) is 18.3. The Kier molecular flexibility index (Phi) is 6.29. The summed E-state index contributed by atoms with van der Waals surface area (Å²) in [6.07, 6.45) is 5.81. The molecule has 8 nitrogen and oxygen atoms in total. The molecule has 0 saturated heterocycles. The molecule has 0 aliphatic rings. The number of hydrogen-bond donors (Lipinski definition) is 3. The van der Waals surface area contributed by atoms with Gasteiger partial charge in [0.2, 0.25) is 11.6 Å². The first kappa shape index (κ1) is 17.1. The van der Waals surface area contributed by atoms with E-state index in [0.29, 0.717) is 6.54 Å². The van der Waals surface area contributed by atoms with Crippen LogP contribution in [-0.4, -0.2) is 21.4 Å². The summed E-state index contributed by atoms with van der Waals surface area (Å²) >= 11 is 0. The average Bonchev–Trinajstić information content (AvgIpc) is 2.44. The van der Waals surface area contributed by atoms with Crippen molar-refractivity contribution in [1.82, 2.24) is 9.97 Å². The maximum Gasteiger partial charge on any atom is 0.354 e. The Labute approximate surface area is 124 Å². The molecule has 0 saturated carbocycles. The highest BCUT2D eigenvalue weighted by Crippen LogP contribution is 2.30. The lowest BCUT2D eigenvalue weighted by atomic mass is 9.87. The van der Waals surface area contributed by atoms with E-state index >= 15 is 0 Å². The van der Waals surface area contributed by atoms with Gasteiger partial charge in [-0.15, -0.1) is 0 Å². The molecule has 0 unspecified atom stereocenters. The van der Waals surface area contributed by atoms with E-state index in [1.54, 1.807) is 0 Å². The maximum absolute atomic E-state index is 11.1. The summed E-state index contributed by atoms with van der Waals surface area (Å²) in [6, 6.07) is 0. The second-order valence-corrected chi connectivity index (χ2v) is 5.80. The summed E-state index contributed by atoms with van der Waals surface area (Å²) in [7, 11) is 0. The lowest BCUT2D eigenvalue weighted by Gasteiger charge is -2.25. The van der Waals surface area contributed by atoms with Crippen LogP contribution in [0.5, 0.6) is 0 Å². The molecule has 0 bridgehead atoms. The molecular weight excluding hydrogens is 272 g/mol. The van der Waals surface area contributed by atoms with E-state index in [1.165, 1.54) is 19.2 Å². The molecule has 8 heteroatoms. The van der Waals surface area contributed by atoms with Crippen molar-refractivity contribution in [2.75, 3.05) is 17.3 Å². The molecule has 4 N–H and O–H groups in total. The number of nitrogens with two attached hydrogens (primary N) is 1. The fourth-order valence-electron chi connectivity index (χ4n) is 2.05. The molecule has 1 heterocycles. The molecule has 0 spiro atoms. The molecule has 1 rings (SSSR count). The van der Waals surface area contributed by atoms with E-state index in [-0.39, 0.29) is 22.7 Å². The zero-order valence-electron chi connectivity index (χ0n) is 12.8. The minimum atomic E-state index is -0.540. The fourth-order valence-corrected chi connectivity index (χ4v) is 2.05. The predicted octanol–water partition coefficient (Wildman–Crippen LogP) is 2.69. The van der Waals surface area contributed by atoms with Gasteiger partial charge < -0.3 is 10.7 Å². The van der Waals surface area contributed by atoms with Crippen LogP contribution in [0.1, 0.15) is 46.5 Å². The van der Waals surface area contributed by atoms with Gasteiger partial charge in [0.1, 0.15) is 6.33 Å². The summed E-state index contributed by atoms with van der Waals surface area (Å²) in [5.74, 6) is 5.44. The van der Waals surface area contributed by atoms with Crippen molar-refractivity contribution in [3.05, 3.63) is 16.4 Å². The fraction of sp³-hybridized carbons (Fsp3) is 0.692. The number of nitro groups is 1. The monoisotopic (exact) mass is 296 g/mol. The van der Waals surface area contributed by atoms with Crippen molar-refractivity contribution in [3.8, 4) is 0 Å². The number of nitrogens with zero attached hydrogens (tertiary/aromatic N) is 3. The highest BCUT2D eigenvalue weighted by molar-refractivity contribution is 5.68. The number of anilines is 2. The first-order valence-electron chi connectivity index (χ1n) is 7.11. The Hall–Kier alpha value is -1.96. The zero-order valence-corrected chi connectivity index (χ0v) is 12.8. The van der Waals surface area contributed by atoms with Crippen LogP contribution in [-0.2, 0) is 0 Å². The summed E-state index contributed by atoms with van der Waals surface area (Å²) in [6.45, 7) is 7.02. The molecule has 0 radical (unpaired) electrons. The zero-order chi connectivity index (χ0) is 15.9. The number of rotatable bonds is 9. The molecule has 0 atom stereocenters. The van der Waals surface area contributed by atoms with Crippen LogP contribution in [0.15, 0.2) is 6.33 Å². The van der Waals surface area contributed by atoms with Crippen LogP contribution in [0.3, 0.4) is 0 Å². The average molecular weight is 296 g/mol. The number of hydrogen-bond acceptors (Lipinski definition) is 7. The lowest BCUT2D eigenvalue weighted by Crippen LogP contribution is -2.24.